The number of carbonyl (C=O) groups is 1. The largest absolute Gasteiger partial charge is 0.382 e. The molecule has 1 unspecified atom stereocenters. The standard InChI is InChI=1S/C23H26ClN3O3S2/c1-2-30-12-5-11-27-22(29)17-9-8-16(24)14-18(17)25-23(27)32-15-21(28)26-10-3-6-19(26)20-7-4-13-31-20/h4,7-9,13-14,19H,2-3,5-6,10-12,15H2,1H3. The van der Waals surface area contributed by atoms with Crippen LogP contribution < -0.4 is 5.56 Å². The first-order valence-electron chi connectivity index (χ1n) is 10.8. The van der Waals surface area contributed by atoms with Gasteiger partial charge in [-0.25, -0.2) is 4.98 Å². The Morgan fingerprint density at radius 1 is 1.38 bits per heavy atom. The molecule has 0 aliphatic carbocycles. The molecule has 1 atom stereocenters. The first-order valence-corrected chi connectivity index (χ1v) is 13.1. The van der Waals surface area contributed by atoms with Crippen LogP contribution in [0.3, 0.4) is 0 Å². The second kappa shape index (κ2) is 10.8. The first-order chi connectivity index (χ1) is 15.6. The van der Waals surface area contributed by atoms with Crippen molar-refractivity contribution in [2.75, 3.05) is 25.5 Å². The normalized spacial score (nSPS) is 16.2. The smallest absolute Gasteiger partial charge is 0.262 e. The van der Waals surface area contributed by atoms with E-state index in [-0.39, 0.29) is 23.3 Å². The van der Waals surface area contributed by atoms with E-state index in [0.717, 1.165) is 19.4 Å². The minimum absolute atomic E-state index is 0.0761. The van der Waals surface area contributed by atoms with Gasteiger partial charge >= 0.3 is 0 Å². The molecule has 0 bridgehead atoms. The molecule has 3 aromatic rings. The summed E-state index contributed by atoms with van der Waals surface area (Å²) in [5.41, 5.74) is 0.437. The zero-order valence-corrected chi connectivity index (χ0v) is 20.3. The fourth-order valence-electron chi connectivity index (χ4n) is 4.00. The molecular formula is C23H26ClN3O3S2. The predicted octanol–water partition coefficient (Wildman–Crippen LogP) is 4.99. The van der Waals surface area contributed by atoms with E-state index < -0.39 is 0 Å². The van der Waals surface area contributed by atoms with Gasteiger partial charge in [-0.15, -0.1) is 11.3 Å². The third-order valence-corrected chi connectivity index (χ3v) is 7.70. The van der Waals surface area contributed by atoms with Crippen molar-refractivity contribution >= 4 is 51.5 Å². The second-order valence-electron chi connectivity index (χ2n) is 7.61. The van der Waals surface area contributed by atoms with Crippen LogP contribution in [0, 0.1) is 0 Å². The molecule has 1 aliphatic rings. The lowest BCUT2D eigenvalue weighted by Crippen LogP contribution is -2.32. The van der Waals surface area contributed by atoms with Crippen molar-refractivity contribution in [3.63, 3.8) is 0 Å². The Morgan fingerprint density at radius 2 is 2.25 bits per heavy atom. The number of rotatable bonds is 9. The van der Waals surface area contributed by atoms with Crippen molar-refractivity contribution in [2.24, 2.45) is 0 Å². The molecule has 1 fully saturated rings. The predicted molar refractivity (Wildman–Crippen MR) is 131 cm³/mol. The number of halogens is 1. The number of ether oxygens (including phenoxy) is 1. The van der Waals surface area contributed by atoms with E-state index in [1.807, 2.05) is 17.9 Å². The third kappa shape index (κ3) is 5.20. The van der Waals surface area contributed by atoms with E-state index in [9.17, 15) is 9.59 Å². The minimum Gasteiger partial charge on any atom is -0.382 e. The fourth-order valence-corrected chi connectivity index (χ4v) is 5.95. The van der Waals surface area contributed by atoms with E-state index in [0.29, 0.717) is 47.3 Å². The molecule has 0 radical (unpaired) electrons. The molecule has 1 amide bonds. The van der Waals surface area contributed by atoms with Crippen molar-refractivity contribution < 1.29 is 9.53 Å². The fraction of sp³-hybridized carbons (Fsp3) is 0.435. The number of benzene rings is 1. The monoisotopic (exact) mass is 491 g/mol. The van der Waals surface area contributed by atoms with Gasteiger partial charge in [0.05, 0.1) is 22.7 Å². The van der Waals surface area contributed by atoms with Crippen LogP contribution >= 0.6 is 34.7 Å². The Labute approximate surface area is 200 Å². The number of fused-ring (bicyclic) bond motifs is 1. The molecule has 2 aromatic heterocycles. The van der Waals surface area contributed by atoms with Gasteiger partial charge in [-0.1, -0.05) is 29.4 Å². The van der Waals surface area contributed by atoms with E-state index in [1.54, 1.807) is 34.1 Å². The van der Waals surface area contributed by atoms with Gasteiger partial charge in [0.2, 0.25) is 5.91 Å². The van der Waals surface area contributed by atoms with E-state index in [4.69, 9.17) is 21.3 Å². The summed E-state index contributed by atoms with van der Waals surface area (Å²) in [7, 11) is 0. The Bertz CT molecular complexity index is 1130. The van der Waals surface area contributed by atoms with Crippen molar-refractivity contribution in [1.82, 2.24) is 14.5 Å². The van der Waals surface area contributed by atoms with Crippen LogP contribution in [0.2, 0.25) is 5.02 Å². The van der Waals surface area contributed by atoms with E-state index in [1.165, 1.54) is 16.6 Å². The summed E-state index contributed by atoms with van der Waals surface area (Å²) >= 11 is 9.14. The molecule has 9 heteroatoms. The average Bonchev–Trinajstić information content (AvgIpc) is 3.48. The number of nitrogens with zero attached hydrogens (tertiary/aromatic N) is 3. The maximum Gasteiger partial charge on any atom is 0.262 e. The highest BCUT2D eigenvalue weighted by Crippen LogP contribution is 2.35. The third-order valence-electron chi connectivity index (χ3n) is 5.53. The van der Waals surface area contributed by atoms with Gasteiger partial charge in [0.25, 0.3) is 5.56 Å². The maximum atomic E-state index is 13.2. The lowest BCUT2D eigenvalue weighted by Gasteiger charge is -2.24. The van der Waals surface area contributed by atoms with E-state index >= 15 is 0 Å². The van der Waals surface area contributed by atoms with Crippen LogP contribution in [0.4, 0.5) is 0 Å². The Hall–Kier alpha value is -1.87. The number of aromatic nitrogens is 2. The van der Waals surface area contributed by atoms with Gasteiger partial charge < -0.3 is 9.64 Å². The van der Waals surface area contributed by atoms with Crippen LogP contribution in [0.25, 0.3) is 10.9 Å². The van der Waals surface area contributed by atoms with Gasteiger partial charge in [-0.3, -0.25) is 14.2 Å². The van der Waals surface area contributed by atoms with E-state index in [2.05, 4.69) is 11.4 Å². The maximum absolute atomic E-state index is 13.2. The molecule has 1 aliphatic heterocycles. The first kappa shape index (κ1) is 23.3. The summed E-state index contributed by atoms with van der Waals surface area (Å²) in [6, 6.07) is 9.38. The molecular weight excluding hydrogens is 466 g/mol. The lowest BCUT2D eigenvalue weighted by atomic mass is 10.2. The van der Waals surface area contributed by atoms with Crippen LogP contribution in [0.1, 0.15) is 37.1 Å². The molecule has 0 N–H and O–H groups in total. The number of amides is 1. The van der Waals surface area contributed by atoms with Crippen molar-refractivity contribution in [3.8, 4) is 0 Å². The number of likely N-dealkylation sites (tertiary alicyclic amines) is 1. The number of thiophene rings is 1. The highest BCUT2D eigenvalue weighted by Gasteiger charge is 2.30. The number of thioether (sulfide) groups is 1. The van der Waals surface area contributed by atoms with Gasteiger partial charge in [0, 0.05) is 36.2 Å². The molecule has 0 saturated carbocycles. The molecule has 1 saturated heterocycles. The zero-order chi connectivity index (χ0) is 22.5. The summed E-state index contributed by atoms with van der Waals surface area (Å²) in [5, 5.41) is 3.65. The summed E-state index contributed by atoms with van der Waals surface area (Å²) in [5.74, 6) is 0.318. The lowest BCUT2D eigenvalue weighted by molar-refractivity contribution is -0.129. The van der Waals surface area contributed by atoms with Gasteiger partial charge in [-0.05, 0) is 55.8 Å². The highest BCUT2D eigenvalue weighted by atomic mass is 35.5. The van der Waals surface area contributed by atoms with Crippen molar-refractivity contribution in [1.29, 1.82) is 0 Å². The second-order valence-corrected chi connectivity index (χ2v) is 9.97. The number of hydrogen-bond acceptors (Lipinski definition) is 6. The summed E-state index contributed by atoms with van der Waals surface area (Å²) in [4.78, 5) is 34.1. The highest BCUT2D eigenvalue weighted by molar-refractivity contribution is 7.99. The average molecular weight is 492 g/mol. The molecule has 6 nitrogen and oxygen atoms in total. The molecule has 3 heterocycles. The SMILES string of the molecule is CCOCCCn1c(SCC(=O)N2CCCC2c2cccs2)nc2cc(Cl)ccc2c1=O. The van der Waals surface area contributed by atoms with Crippen LogP contribution in [0.5, 0.6) is 0 Å². The van der Waals surface area contributed by atoms with Gasteiger partial charge in [-0.2, -0.15) is 0 Å². The van der Waals surface area contributed by atoms with Gasteiger partial charge in [0.1, 0.15) is 0 Å². The topological polar surface area (TPSA) is 64.4 Å². The molecule has 170 valence electrons. The Morgan fingerprint density at radius 3 is 3.03 bits per heavy atom. The number of carbonyl (C=O) groups excluding carboxylic acids is 1. The Balaban J connectivity index is 1.55. The van der Waals surface area contributed by atoms with Crippen LogP contribution in [-0.4, -0.2) is 45.9 Å². The molecule has 32 heavy (non-hydrogen) atoms. The molecule has 4 rings (SSSR count). The number of hydrogen-bond donors (Lipinski definition) is 0. The summed E-state index contributed by atoms with van der Waals surface area (Å²) in [6.07, 6.45) is 2.70. The minimum atomic E-state index is -0.115. The quantitative estimate of drug-likeness (QED) is 0.239. The van der Waals surface area contributed by atoms with Crippen molar-refractivity contribution in [3.05, 3.63) is 56.0 Å². The summed E-state index contributed by atoms with van der Waals surface area (Å²) in [6.45, 7) is 4.41. The van der Waals surface area contributed by atoms with Crippen molar-refractivity contribution in [2.45, 2.75) is 43.9 Å². The van der Waals surface area contributed by atoms with Crippen LogP contribution in [0.15, 0.2) is 45.7 Å². The Kier molecular flexibility index (Phi) is 7.88. The van der Waals surface area contributed by atoms with Crippen LogP contribution in [-0.2, 0) is 16.1 Å². The molecule has 0 spiro atoms. The van der Waals surface area contributed by atoms with Gasteiger partial charge in [0.15, 0.2) is 5.16 Å². The summed E-state index contributed by atoms with van der Waals surface area (Å²) < 4.78 is 7.09. The zero-order valence-electron chi connectivity index (χ0n) is 18.0. The molecule has 1 aromatic carbocycles.